The summed E-state index contributed by atoms with van der Waals surface area (Å²) in [5, 5.41) is 9.25. The van der Waals surface area contributed by atoms with Crippen LogP contribution in [0.3, 0.4) is 0 Å². The summed E-state index contributed by atoms with van der Waals surface area (Å²) in [6, 6.07) is 11.8. The van der Waals surface area contributed by atoms with Crippen LogP contribution in [0.2, 0.25) is 4.34 Å². The lowest BCUT2D eigenvalue weighted by Crippen LogP contribution is -1.89. The average Bonchev–Trinajstić information content (AvgIpc) is 2.77. The number of hydrogen-bond donors (Lipinski definition) is 1. The number of rotatable bonds is 1. The van der Waals surface area contributed by atoms with Crippen molar-refractivity contribution in [1.29, 1.82) is 0 Å². The molecule has 84 valence electrons. The molecule has 0 unspecified atom stereocenters. The quantitative estimate of drug-likeness (QED) is 0.655. The molecule has 0 spiro atoms. The van der Waals surface area contributed by atoms with E-state index < -0.39 is 0 Å². The first-order valence-corrected chi connectivity index (χ1v) is 6.59. The van der Waals surface area contributed by atoms with Crippen molar-refractivity contribution in [2.45, 2.75) is 0 Å². The molecule has 2 heterocycles. The van der Waals surface area contributed by atoms with Crippen LogP contribution in [-0.2, 0) is 0 Å². The molecule has 0 radical (unpaired) electrons. The molecule has 3 aromatic rings. The molecule has 3 rings (SSSR count). The van der Waals surface area contributed by atoms with Gasteiger partial charge in [-0.2, -0.15) is 5.10 Å². The van der Waals surface area contributed by atoms with Crippen LogP contribution in [0.5, 0.6) is 0 Å². The van der Waals surface area contributed by atoms with E-state index >= 15 is 0 Å². The number of H-pyrrole nitrogens is 1. The molecule has 17 heavy (non-hydrogen) atoms. The molecule has 0 aliphatic heterocycles. The van der Waals surface area contributed by atoms with Gasteiger partial charge in [0.15, 0.2) is 0 Å². The van der Waals surface area contributed by atoms with E-state index in [4.69, 9.17) is 23.8 Å². The molecule has 2 nitrogen and oxygen atoms in total. The van der Waals surface area contributed by atoms with Crippen LogP contribution in [0.1, 0.15) is 0 Å². The first kappa shape index (κ1) is 10.9. The molecule has 0 saturated carbocycles. The van der Waals surface area contributed by atoms with Crippen molar-refractivity contribution in [3.8, 4) is 10.6 Å². The molecule has 5 heteroatoms. The summed E-state index contributed by atoms with van der Waals surface area (Å²) in [5.74, 6) is 0. The van der Waals surface area contributed by atoms with Gasteiger partial charge in [-0.3, -0.25) is 5.10 Å². The van der Waals surface area contributed by atoms with Crippen molar-refractivity contribution in [1.82, 2.24) is 10.2 Å². The average molecular weight is 279 g/mol. The van der Waals surface area contributed by atoms with Gasteiger partial charge in [0.1, 0.15) is 10.3 Å². The van der Waals surface area contributed by atoms with E-state index in [-0.39, 0.29) is 0 Å². The zero-order chi connectivity index (χ0) is 11.8. The van der Waals surface area contributed by atoms with Crippen molar-refractivity contribution in [2.75, 3.05) is 0 Å². The van der Waals surface area contributed by atoms with Crippen molar-refractivity contribution in [3.63, 3.8) is 0 Å². The molecule has 1 aromatic carbocycles. The minimum absolute atomic E-state index is 0.659. The Morgan fingerprint density at radius 1 is 1.12 bits per heavy atom. The van der Waals surface area contributed by atoms with Crippen LogP contribution < -0.4 is 0 Å². The van der Waals surface area contributed by atoms with Gasteiger partial charge in [0.05, 0.1) is 9.21 Å². The third-order valence-electron chi connectivity index (χ3n) is 2.50. The van der Waals surface area contributed by atoms with E-state index in [9.17, 15) is 0 Å². The minimum Gasteiger partial charge on any atom is -0.267 e. The summed E-state index contributed by atoms with van der Waals surface area (Å²) in [4.78, 5) is 1.04. The molecule has 0 fully saturated rings. The predicted octanol–water partition coefficient (Wildman–Crippen LogP) is 4.67. The summed E-state index contributed by atoms with van der Waals surface area (Å²) in [5.41, 5.74) is 0.895. The van der Waals surface area contributed by atoms with Gasteiger partial charge in [-0.25, -0.2) is 0 Å². The normalized spacial score (nSPS) is 10.9. The Balaban J connectivity index is 2.38. The zero-order valence-corrected chi connectivity index (χ0v) is 11.0. The molecule has 0 saturated heterocycles. The third-order valence-corrected chi connectivity index (χ3v) is 4.05. The van der Waals surface area contributed by atoms with Gasteiger partial charge in [0.25, 0.3) is 0 Å². The van der Waals surface area contributed by atoms with Gasteiger partial charge in [-0.15, -0.1) is 11.3 Å². The number of aromatic nitrogens is 2. The lowest BCUT2D eigenvalue weighted by atomic mass is 10.1. The van der Waals surface area contributed by atoms with E-state index in [0.717, 1.165) is 25.7 Å². The van der Waals surface area contributed by atoms with Crippen LogP contribution in [-0.4, -0.2) is 10.2 Å². The second kappa shape index (κ2) is 4.22. The fraction of sp³-hybridized carbons (Fsp3) is 0. The van der Waals surface area contributed by atoms with Crippen molar-refractivity contribution in [2.24, 2.45) is 0 Å². The SMILES string of the molecule is S=c1[nH]nc(-c2ccc(Cl)s2)c2ccccc12. The number of nitrogens with one attached hydrogen (secondary N) is 1. The van der Waals surface area contributed by atoms with E-state index in [1.54, 1.807) is 0 Å². The standard InChI is InChI=1S/C12H7ClN2S2/c13-10-6-5-9(17-10)11-7-3-1-2-4-8(7)12(16)15-14-11/h1-6H,(H,15,16). The van der Waals surface area contributed by atoms with Crippen LogP contribution in [0.25, 0.3) is 21.3 Å². The Bertz CT molecular complexity index is 745. The number of nitrogens with zero attached hydrogens (tertiary/aromatic N) is 1. The van der Waals surface area contributed by atoms with Gasteiger partial charge in [-0.1, -0.05) is 48.1 Å². The second-order valence-corrected chi connectivity index (χ2v) is 5.67. The van der Waals surface area contributed by atoms with Gasteiger partial charge in [0.2, 0.25) is 0 Å². The summed E-state index contributed by atoms with van der Waals surface area (Å²) in [6.07, 6.45) is 0. The summed E-state index contributed by atoms with van der Waals surface area (Å²) < 4.78 is 1.42. The molecule has 0 atom stereocenters. The Kier molecular flexibility index (Phi) is 2.70. The van der Waals surface area contributed by atoms with Gasteiger partial charge >= 0.3 is 0 Å². The summed E-state index contributed by atoms with van der Waals surface area (Å²) in [6.45, 7) is 0. The number of benzene rings is 1. The van der Waals surface area contributed by atoms with E-state index in [0.29, 0.717) is 4.64 Å². The highest BCUT2D eigenvalue weighted by Gasteiger charge is 2.08. The topological polar surface area (TPSA) is 28.7 Å². The van der Waals surface area contributed by atoms with Crippen molar-refractivity contribution in [3.05, 3.63) is 45.4 Å². The zero-order valence-electron chi connectivity index (χ0n) is 8.61. The molecule has 0 aliphatic rings. The Labute approximate surface area is 112 Å². The molecule has 2 aromatic heterocycles. The maximum atomic E-state index is 5.95. The monoisotopic (exact) mass is 278 g/mol. The highest BCUT2D eigenvalue weighted by Crippen LogP contribution is 2.33. The molecule has 0 amide bonds. The number of fused-ring (bicyclic) bond motifs is 1. The molecular weight excluding hydrogens is 272 g/mol. The van der Waals surface area contributed by atoms with Crippen LogP contribution >= 0.6 is 35.2 Å². The van der Waals surface area contributed by atoms with Crippen molar-refractivity contribution >= 4 is 45.9 Å². The number of aromatic amines is 1. The minimum atomic E-state index is 0.659. The third kappa shape index (κ3) is 1.88. The van der Waals surface area contributed by atoms with Gasteiger partial charge < -0.3 is 0 Å². The van der Waals surface area contributed by atoms with Crippen molar-refractivity contribution < 1.29 is 0 Å². The van der Waals surface area contributed by atoms with Crippen LogP contribution in [0.4, 0.5) is 0 Å². The molecular formula is C12H7ClN2S2. The Morgan fingerprint density at radius 2 is 1.88 bits per heavy atom. The fourth-order valence-corrected chi connectivity index (χ4v) is 3.01. The molecule has 1 N–H and O–H groups in total. The van der Waals surface area contributed by atoms with Crippen LogP contribution in [0.15, 0.2) is 36.4 Å². The molecule has 0 bridgehead atoms. The van der Waals surface area contributed by atoms with Gasteiger partial charge in [-0.05, 0) is 12.1 Å². The number of thiophene rings is 1. The lowest BCUT2D eigenvalue weighted by Gasteiger charge is -2.02. The first-order chi connectivity index (χ1) is 8.25. The lowest BCUT2D eigenvalue weighted by molar-refractivity contribution is 1.05. The smallest absolute Gasteiger partial charge is 0.127 e. The maximum Gasteiger partial charge on any atom is 0.127 e. The van der Waals surface area contributed by atoms with Crippen LogP contribution in [0, 0.1) is 4.64 Å². The largest absolute Gasteiger partial charge is 0.267 e. The number of halogens is 1. The molecule has 0 aliphatic carbocycles. The maximum absolute atomic E-state index is 5.95. The second-order valence-electron chi connectivity index (χ2n) is 3.55. The first-order valence-electron chi connectivity index (χ1n) is 4.99. The van der Waals surface area contributed by atoms with Gasteiger partial charge in [0, 0.05) is 10.8 Å². The van der Waals surface area contributed by atoms with E-state index in [2.05, 4.69) is 10.2 Å². The van der Waals surface area contributed by atoms with E-state index in [1.165, 1.54) is 11.3 Å². The Morgan fingerprint density at radius 3 is 2.59 bits per heavy atom. The Hall–Kier alpha value is -1.23. The number of hydrogen-bond acceptors (Lipinski definition) is 3. The predicted molar refractivity (Wildman–Crippen MR) is 75.3 cm³/mol. The summed E-state index contributed by atoms with van der Waals surface area (Å²) >= 11 is 12.7. The highest BCUT2D eigenvalue weighted by atomic mass is 35.5. The highest BCUT2D eigenvalue weighted by molar-refractivity contribution is 7.71. The van der Waals surface area contributed by atoms with E-state index in [1.807, 2.05) is 36.4 Å². The fourth-order valence-electron chi connectivity index (χ4n) is 1.74. The summed E-state index contributed by atoms with van der Waals surface area (Å²) in [7, 11) is 0.